The van der Waals surface area contributed by atoms with Crippen molar-refractivity contribution in [3.63, 3.8) is 0 Å². The molecule has 4 heteroatoms. The van der Waals surface area contributed by atoms with Gasteiger partial charge in [0.2, 0.25) is 0 Å². The summed E-state index contributed by atoms with van der Waals surface area (Å²) >= 11 is 0. The van der Waals surface area contributed by atoms with Gasteiger partial charge in [-0.1, -0.05) is 60.2 Å². The quantitative estimate of drug-likeness (QED) is 0.638. The highest BCUT2D eigenvalue weighted by Crippen LogP contribution is 2.38. The van der Waals surface area contributed by atoms with Crippen molar-refractivity contribution >= 4 is 9.24 Å². The Morgan fingerprint density at radius 1 is 1.00 bits per heavy atom. The molecular weight excluding hydrogens is 265 g/mol. The van der Waals surface area contributed by atoms with Crippen LogP contribution in [0.2, 0.25) is 0 Å². The summed E-state index contributed by atoms with van der Waals surface area (Å²) in [5, 5.41) is 0. The van der Waals surface area contributed by atoms with E-state index in [1.54, 1.807) is 28.5 Å². The van der Waals surface area contributed by atoms with E-state index < -0.39 is 5.66 Å². The van der Waals surface area contributed by atoms with E-state index in [0.717, 1.165) is 31.2 Å². The number of alkyl halides is 2. The Labute approximate surface area is 116 Å². The maximum absolute atomic E-state index is 13.2. The molecule has 0 bridgehead atoms. The van der Waals surface area contributed by atoms with Crippen molar-refractivity contribution in [3.8, 4) is 0 Å². The van der Waals surface area contributed by atoms with Gasteiger partial charge in [-0.15, -0.1) is 0 Å². The highest BCUT2D eigenvalue weighted by Gasteiger charge is 2.31. The van der Waals surface area contributed by atoms with Crippen LogP contribution in [0.4, 0.5) is 8.78 Å². The van der Waals surface area contributed by atoms with Crippen LogP contribution < -0.4 is 0 Å². The van der Waals surface area contributed by atoms with Crippen molar-refractivity contribution in [2.75, 3.05) is 7.11 Å². The van der Waals surface area contributed by atoms with Crippen LogP contribution in [0.25, 0.3) is 0 Å². The first-order valence-electron chi connectivity index (χ1n) is 6.72. The summed E-state index contributed by atoms with van der Waals surface area (Å²) < 4.78 is 32.1. The molecule has 0 amide bonds. The van der Waals surface area contributed by atoms with Crippen molar-refractivity contribution in [1.82, 2.24) is 0 Å². The fourth-order valence-corrected chi connectivity index (χ4v) is 2.73. The normalized spacial score (nSPS) is 12.7. The molecule has 0 saturated heterocycles. The Bertz CT molecular complexity index is 378. The molecule has 0 radical (unpaired) electrons. The lowest BCUT2D eigenvalue weighted by molar-refractivity contribution is -0.0308. The fraction of sp³-hybridized carbons (Fsp3) is 0.600. The summed E-state index contributed by atoms with van der Waals surface area (Å²) in [4.78, 5) is 0. The third kappa shape index (κ3) is 3.97. The topological polar surface area (TPSA) is 9.23 Å². The minimum absolute atomic E-state index is 0.0132. The molecule has 0 saturated carbocycles. The van der Waals surface area contributed by atoms with Crippen LogP contribution in [0.3, 0.4) is 0 Å². The Morgan fingerprint density at radius 2 is 1.42 bits per heavy atom. The molecule has 1 unspecified atom stereocenters. The molecule has 1 atom stereocenters. The minimum atomic E-state index is -2.87. The average Bonchev–Trinajstić information content (AvgIpc) is 2.37. The van der Waals surface area contributed by atoms with Gasteiger partial charge in [-0.3, -0.25) is 0 Å². The smallest absolute Gasteiger partial charge is 0.283 e. The number of hydrogen-bond acceptors (Lipinski definition) is 1. The molecule has 19 heavy (non-hydrogen) atoms. The van der Waals surface area contributed by atoms with Gasteiger partial charge in [-0.25, -0.2) is 0 Å². The van der Waals surface area contributed by atoms with Crippen LogP contribution in [-0.4, -0.2) is 7.11 Å². The van der Waals surface area contributed by atoms with Crippen LogP contribution in [0, 0.1) is 0 Å². The molecule has 0 aliphatic rings. The molecule has 0 N–H and O–H groups in total. The van der Waals surface area contributed by atoms with Crippen molar-refractivity contribution in [2.24, 2.45) is 0 Å². The van der Waals surface area contributed by atoms with Crippen molar-refractivity contribution in [3.05, 3.63) is 35.4 Å². The predicted octanol–water partition coefficient (Wildman–Crippen LogP) is 5.05. The molecule has 1 aromatic rings. The Kier molecular flexibility index (Phi) is 5.88. The second-order valence-corrected chi connectivity index (χ2v) is 5.62. The second-order valence-electron chi connectivity index (χ2n) is 4.90. The highest BCUT2D eigenvalue weighted by atomic mass is 31.0. The van der Waals surface area contributed by atoms with Crippen molar-refractivity contribution in [1.29, 1.82) is 0 Å². The third-order valence-electron chi connectivity index (χ3n) is 3.49. The van der Waals surface area contributed by atoms with E-state index in [2.05, 4.69) is 13.8 Å². The number of ether oxygens (including phenoxy) is 1. The fourth-order valence-electron chi connectivity index (χ4n) is 2.54. The van der Waals surface area contributed by atoms with Gasteiger partial charge in [-0.05, 0) is 18.4 Å². The standard InChI is InChI=1S/C15H23F2OP/c1-4-10-14(18-3,11-5-2)12-6-8-13(9-7-12)15(16,17)19/h6-9H,4-5,10-11,19H2,1-3H3. The van der Waals surface area contributed by atoms with E-state index in [0.29, 0.717) is 0 Å². The summed E-state index contributed by atoms with van der Waals surface area (Å²) in [5.41, 5.74) is -2.22. The van der Waals surface area contributed by atoms with Gasteiger partial charge in [0.05, 0.1) is 5.60 Å². The molecule has 0 heterocycles. The molecular formula is C15H23F2OP. The number of hydrogen-bond donors (Lipinski definition) is 0. The molecule has 0 aliphatic carbocycles. The summed E-state index contributed by atoms with van der Waals surface area (Å²) in [6.07, 6.45) is 3.78. The van der Waals surface area contributed by atoms with E-state index in [-0.39, 0.29) is 11.2 Å². The highest BCUT2D eigenvalue weighted by molar-refractivity contribution is 7.17. The monoisotopic (exact) mass is 288 g/mol. The number of benzene rings is 1. The Balaban J connectivity index is 3.10. The predicted molar refractivity (Wildman–Crippen MR) is 78.5 cm³/mol. The van der Waals surface area contributed by atoms with Crippen molar-refractivity contribution in [2.45, 2.75) is 50.8 Å². The van der Waals surface area contributed by atoms with Gasteiger partial charge in [0.1, 0.15) is 0 Å². The SMILES string of the molecule is CCCC(CCC)(OC)c1ccc(C(F)(F)P)cc1. The van der Waals surface area contributed by atoms with E-state index in [1.165, 1.54) is 12.1 Å². The first-order chi connectivity index (χ1) is 8.89. The Morgan fingerprint density at radius 3 is 1.74 bits per heavy atom. The van der Waals surface area contributed by atoms with Crippen molar-refractivity contribution < 1.29 is 13.5 Å². The van der Waals surface area contributed by atoms with Gasteiger partial charge in [0.15, 0.2) is 0 Å². The zero-order valence-electron chi connectivity index (χ0n) is 11.9. The van der Waals surface area contributed by atoms with Crippen LogP contribution >= 0.6 is 9.24 Å². The van der Waals surface area contributed by atoms with Gasteiger partial charge in [0, 0.05) is 12.7 Å². The van der Waals surface area contributed by atoms with Gasteiger partial charge >= 0.3 is 0 Å². The maximum atomic E-state index is 13.2. The summed E-state index contributed by atoms with van der Waals surface area (Å²) in [6.45, 7) is 4.21. The van der Waals surface area contributed by atoms with E-state index in [4.69, 9.17) is 4.74 Å². The van der Waals surface area contributed by atoms with Crippen LogP contribution in [0.1, 0.15) is 50.7 Å². The van der Waals surface area contributed by atoms with Gasteiger partial charge < -0.3 is 4.74 Å². The zero-order chi connectivity index (χ0) is 14.5. The lowest BCUT2D eigenvalue weighted by atomic mass is 9.84. The van der Waals surface area contributed by atoms with Crippen LogP contribution in [-0.2, 0) is 16.0 Å². The first kappa shape index (κ1) is 16.5. The lowest BCUT2D eigenvalue weighted by Crippen LogP contribution is -2.28. The minimum Gasteiger partial charge on any atom is -0.374 e. The molecule has 0 fully saturated rings. The second kappa shape index (κ2) is 6.76. The van der Waals surface area contributed by atoms with Crippen LogP contribution in [0.15, 0.2) is 24.3 Å². The molecule has 0 spiro atoms. The molecule has 1 nitrogen and oxygen atoms in total. The Hall–Kier alpha value is -0.530. The average molecular weight is 288 g/mol. The maximum Gasteiger partial charge on any atom is 0.283 e. The molecule has 1 rings (SSSR count). The summed E-state index contributed by atoms with van der Waals surface area (Å²) in [5.74, 6) is 0. The first-order valence-corrected chi connectivity index (χ1v) is 7.30. The largest absolute Gasteiger partial charge is 0.374 e. The lowest BCUT2D eigenvalue weighted by Gasteiger charge is -2.33. The number of methoxy groups -OCH3 is 1. The van der Waals surface area contributed by atoms with Gasteiger partial charge in [0.25, 0.3) is 5.66 Å². The van der Waals surface area contributed by atoms with E-state index in [1.807, 2.05) is 0 Å². The molecule has 0 aromatic heterocycles. The summed E-state index contributed by atoms with van der Waals surface area (Å²) in [7, 11) is 3.27. The number of halogens is 2. The molecule has 1 aromatic carbocycles. The molecule has 0 aliphatic heterocycles. The van der Waals surface area contributed by atoms with Crippen LogP contribution in [0.5, 0.6) is 0 Å². The molecule has 108 valence electrons. The van der Waals surface area contributed by atoms with E-state index >= 15 is 0 Å². The summed E-state index contributed by atoms with van der Waals surface area (Å²) in [6, 6.07) is 6.51. The van der Waals surface area contributed by atoms with Gasteiger partial charge in [-0.2, -0.15) is 8.78 Å². The zero-order valence-corrected chi connectivity index (χ0v) is 13.0. The number of rotatable bonds is 7. The van der Waals surface area contributed by atoms with E-state index in [9.17, 15) is 8.78 Å². The third-order valence-corrected chi connectivity index (χ3v) is 3.83.